The summed E-state index contributed by atoms with van der Waals surface area (Å²) in [5, 5.41) is 5.71. The fourth-order valence-electron chi connectivity index (χ4n) is 2.05. The van der Waals surface area contributed by atoms with E-state index in [4.69, 9.17) is 0 Å². The van der Waals surface area contributed by atoms with Crippen LogP contribution in [0, 0.1) is 0 Å². The molecule has 0 spiro atoms. The molecule has 1 aromatic heterocycles. The molecule has 0 amide bonds. The number of nitrogens with one attached hydrogen (secondary N) is 1. The molecule has 1 aromatic rings. The van der Waals surface area contributed by atoms with Gasteiger partial charge in [0, 0.05) is 16.5 Å². The molecule has 0 aliphatic carbocycles. The minimum atomic E-state index is 0.248. The molecule has 1 N–H and O–H groups in total. The largest absolute Gasteiger partial charge is 0.312 e. The zero-order chi connectivity index (χ0) is 14.3. The molecule has 0 aromatic carbocycles. The molecule has 1 atom stereocenters. The van der Waals surface area contributed by atoms with E-state index in [-0.39, 0.29) is 5.54 Å². The lowest BCUT2D eigenvalue weighted by atomic mass is 10.1. The maximum atomic E-state index is 3.54. The standard InChI is InChI=1S/C16H30N2S/c1-14(13-15-9-8-12-19-15)18(5)11-7-6-10-17-16(2,3)4/h8-9,12,14,17H,6-7,10-11,13H2,1-5H3. The summed E-state index contributed by atoms with van der Waals surface area (Å²) in [6, 6.07) is 5.02. The summed E-state index contributed by atoms with van der Waals surface area (Å²) in [5.41, 5.74) is 0.248. The summed E-state index contributed by atoms with van der Waals surface area (Å²) in [5.74, 6) is 0. The molecule has 1 heterocycles. The highest BCUT2D eigenvalue weighted by atomic mass is 32.1. The minimum Gasteiger partial charge on any atom is -0.312 e. The van der Waals surface area contributed by atoms with Gasteiger partial charge >= 0.3 is 0 Å². The summed E-state index contributed by atoms with van der Waals surface area (Å²) in [6.07, 6.45) is 3.70. The van der Waals surface area contributed by atoms with E-state index < -0.39 is 0 Å². The Morgan fingerprint density at radius 2 is 2.05 bits per heavy atom. The minimum absolute atomic E-state index is 0.248. The summed E-state index contributed by atoms with van der Waals surface area (Å²) in [7, 11) is 2.25. The molecule has 0 fully saturated rings. The molecule has 110 valence electrons. The molecule has 1 rings (SSSR count). The molecule has 19 heavy (non-hydrogen) atoms. The summed E-state index contributed by atoms with van der Waals surface area (Å²) < 4.78 is 0. The lowest BCUT2D eigenvalue weighted by molar-refractivity contribution is 0.250. The second-order valence-corrected chi connectivity index (χ2v) is 7.53. The average molecular weight is 282 g/mol. The van der Waals surface area contributed by atoms with Gasteiger partial charge in [-0.25, -0.2) is 0 Å². The van der Waals surface area contributed by atoms with E-state index in [2.05, 4.69) is 62.5 Å². The van der Waals surface area contributed by atoms with Crippen LogP contribution in [0.3, 0.4) is 0 Å². The molecule has 1 unspecified atom stereocenters. The Morgan fingerprint density at radius 3 is 2.63 bits per heavy atom. The zero-order valence-electron chi connectivity index (χ0n) is 13.2. The van der Waals surface area contributed by atoms with Crippen molar-refractivity contribution < 1.29 is 0 Å². The van der Waals surface area contributed by atoms with Crippen LogP contribution < -0.4 is 5.32 Å². The van der Waals surface area contributed by atoms with Gasteiger partial charge in [-0.15, -0.1) is 11.3 Å². The fraction of sp³-hybridized carbons (Fsp3) is 0.750. The van der Waals surface area contributed by atoms with Gasteiger partial charge in [-0.3, -0.25) is 0 Å². The molecule has 0 aliphatic rings. The summed E-state index contributed by atoms with van der Waals surface area (Å²) in [6.45, 7) is 11.3. The molecular formula is C16H30N2S. The molecule has 2 nitrogen and oxygen atoms in total. The first kappa shape index (κ1) is 16.7. The normalized spacial score (nSPS) is 14.0. The first-order chi connectivity index (χ1) is 8.88. The van der Waals surface area contributed by atoms with Crippen LogP contribution in [-0.2, 0) is 6.42 Å². The van der Waals surface area contributed by atoms with Gasteiger partial charge in [-0.1, -0.05) is 6.07 Å². The van der Waals surface area contributed by atoms with Crippen LogP contribution in [0.15, 0.2) is 17.5 Å². The highest BCUT2D eigenvalue weighted by molar-refractivity contribution is 7.09. The number of nitrogens with zero attached hydrogens (tertiary/aromatic N) is 1. The van der Waals surface area contributed by atoms with Crippen molar-refractivity contribution in [2.75, 3.05) is 20.1 Å². The lowest BCUT2D eigenvalue weighted by Gasteiger charge is -2.25. The number of unbranched alkanes of at least 4 members (excludes halogenated alkanes) is 1. The maximum absolute atomic E-state index is 3.54. The Kier molecular flexibility index (Phi) is 7.05. The van der Waals surface area contributed by atoms with Crippen LogP contribution in [0.1, 0.15) is 45.4 Å². The van der Waals surface area contributed by atoms with E-state index in [9.17, 15) is 0 Å². The quantitative estimate of drug-likeness (QED) is 0.730. The Morgan fingerprint density at radius 1 is 1.32 bits per heavy atom. The number of rotatable bonds is 8. The topological polar surface area (TPSA) is 15.3 Å². The van der Waals surface area contributed by atoms with Gasteiger partial charge in [-0.2, -0.15) is 0 Å². The van der Waals surface area contributed by atoms with Crippen LogP contribution in [0.5, 0.6) is 0 Å². The van der Waals surface area contributed by atoms with Gasteiger partial charge < -0.3 is 10.2 Å². The van der Waals surface area contributed by atoms with Crippen molar-refractivity contribution in [3.05, 3.63) is 22.4 Å². The third-order valence-corrected chi connectivity index (χ3v) is 4.32. The Labute approximate surface area is 123 Å². The Hall–Kier alpha value is -0.380. The smallest absolute Gasteiger partial charge is 0.0112 e. The second kappa shape index (κ2) is 8.03. The first-order valence-electron chi connectivity index (χ1n) is 7.36. The third-order valence-electron chi connectivity index (χ3n) is 3.42. The van der Waals surface area contributed by atoms with E-state index >= 15 is 0 Å². The summed E-state index contributed by atoms with van der Waals surface area (Å²) in [4.78, 5) is 3.98. The van der Waals surface area contributed by atoms with Crippen molar-refractivity contribution in [3.8, 4) is 0 Å². The Bertz CT molecular complexity index is 327. The number of hydrogen-bond acceptors (Lipinski definition) is 3. The van der Waals surface area contributed by atoms with Gasteiger partial charge in [0.05, 0.1) is 0 Å². The molecule has 0 saturated heterocycles. The number of thiophene rings is 1. The van der Waals surface area contributed by atoms with E-state index in [1.807, 2.05) is 11.3 Å². The van der Waals surface area contributed by atoms with Crippen LogP contribution in [-0.4, -0.2) is 36.6 Å². The highest BCUT2D eigenvalue weighted by Crippen LogP contribution is 2.13. The van der Waals surface area contributed by atoms with Gasteiger partial charge in [0.25, 0.3) is 0 Å². The summed E-state index contributed by atoms with van der Waals surface area (Å²) >= 11 is 1.87. The van der Waals surface area contributed by atoms with Crippen molar-refractivity contribution >= 4 is 11.3 Å². The second-order valence-electron chi connectivity index (χ2n) is 6.50. The van der Waals surface area contributed by atoms with Crippen molar-refractivity contribution in [1.29, 1.82) is 0 Å². The van der Waals surface area contributed by atoms with E-state index in [0.717, 1.165) is 6.54 Å². The van der Waals surface area contributed by atoms with E-state index in [0.29, 0.717) is 6.04 Å². The van der Waals surface area contributed by atoms with Crippen LogP contribution in [0.4, 0.5) is 0 Å². The predicted octanol–water partition coefficient (Wildman–Crippen LogP) is 3.78. The van der Waals surface area contributed by atoms with Crippen molar-refractivity contribution in [1.82, 2.24) is 10.2 Å². The SMILES string of the molecule is CC(Cc1cccs1)N(C)CCCCNC(C)(C)C. The van der Waals surface area contributed by atoms with Gasteiger partial charge in [0.2, 0.25) is 0 Å². The lowest BCUT2D eigenvalue weighted by Crippen LogP contribution is -2.37. The van der Waals surface area contributed by atoms with Crippen LogP contribution >= 0.6 is 11.3 Å². The monoisotopic (exact) mass is 282 g/mol. The van der Waals surface area contributed by atoms with Gasteiger partial charge in [-0.05, 0) is 78.5 Å². The van der Waals surface area contributed by atoms with Crippen LogP contribution in [0.25, 0.3) is 0 Å². The van der Waals surface area contributed by atoms with Crippen molar-refractivity contribution in [2.24, 2.45) is 0 Å². The predicted molar refractivity (Wildman–Crippen MR) is 87.1 cm³/mol. The third kappa shape index (κ3) is 7.71. The van der Waals surface area contributed by atoms with Gasteiger partial charge in [0.15, 0.2) is 0 Å². The fourth-order valence-corrected chi connectivity index (χ4v) is 2.87. The molecular weight excluding hydrogens is 252 g/mol. The molecule has 0 aliphatic heterocycles. The maximum Gasteiger partial charge on any atom is 0.0112 e. The van der Waals surface area contributed by atoms with E-state index in [1.165, 1.54) is 30.7 Å². The number of likely N-dealkylation sites (N-methyl/N-ethyl adjacent to an activating group) is 1. The molecule has 0 bridgehead atoms. The average Bonchev–Trinajstić information content (AvgIpc) is 2.79. The van der Waals surface area contributed by atoms with Crippen molar-refractivity contribution in [2.45, 2.75) is 58.5 Å². The van der Waals surface area contributed by atoms with Gasteiger partial charge in [0.1, 0.15) is 0 Å². The zero-order valence-corrected chi connectivity index (χ0v) is 14.0. The van der Waals surface area contributed by atoms with Crippen molar-refractivity contribution in [3.63, 3.8) is 0 Å². The van der Waals surface area contributed by atoms with Crippen LogP contribution in [0.2, 0.25) is 0 Å². The van der Waals surface area contributed by atoms with E-state index in [1.54, 1.807) is 0 Å². The highest BCUT2D eigenvalue weighted by Gasteiger charge is 2.11. The molecule has 0 radical (unpaired) electrons. The molecule has 3 heteroatoms. The molecule has 0 saturated carbocycles. The number of hydrogen-bond donors (Lipinski definition) is 1. The Balaban J connectivity index is 2.11. The first-order valence-corrected chi connectivity index (χ1v) is 8.24.